The van der Waals surface area contributed by atoms with E-state index in [1.807, 2.05) is 6.07 Å². The van der Waals surface area contributed by atoms with Gasteiger partial charge in [-0.1, -0.05) is 23.2 Å². The lowest BCUT2D eigenvalue weighted by molar-refractivity contribution is 0.595. The Morgan fingerprint density at radius 2 is 1.76 bits per heavy atom. The smallest absolute Gasteiger partial charge is 0.263 e. The molecule has 108 valence electrons. The fraction of sp³-hybridized carbons (Fsp3) is 0. The zero-order chi connectivity index (χ0) is 15.6. The van der Waals surface area contributed by atoms with Gasteiger partial charge in [-0.3, -0.25) is 4.72 Å². The average Bonchev–Trinajstić information content (AvgIpc) is 2.43. The van der Waals surface area contributed by atoms with Crippen molar-refractivity contribution in [3.05, 3.63) is 57.8 Å². The van der Waals surface area contributed by atoms with Crippen LogP contribution in [0, 0.1) is 17.1 Å². The van der Waals surface area contributed by atoms with Crippen molar-refractivity contribution in [2.45, 2.75) is 4.90 Å². The van der Waals surface area contributed by atoms with E-state index in [-0.39, 0.29) is 21.3 Å². The minimum atomic E-state index is -4.13. The highest BCUT2D eigenvalue weighted by Gasteiger charge is 2.20. The van der Waals surface area contributed by atoms with E-state index in [1.54, 1.807) is 0 Å². The Bertz CT molecular complexity index is 848. The summed E-state index contributed by atoms with van der Waals surface area (Å²) >= 11 is 11.6. The maximum atomic E-state index is 13.2. The lowest BCUT2D eigenvalue weighted by atomic mass is 10.2. The molecule has 0 aliphatic heterocycles. The fourth-order valence-electron chi connectivity index (χ4n) is 1.56. The molecule has 0 heterocycles. The molecule has 2 aromatic rings. The summed E-state index contributed by atoms with van der Waals surface area (Å²) < 4.78 is 39.8. The Kier molecular flexibility index (Phi) is 4.37. The molecule has 8 heteroatoms. The van der Waals surface area contributed by atoms with Gasteiger partial charge >= 0.3 is 0 Å². The van der Waals surface area contributed by atoms with Crippen LogP contribution in [0.4, 0.5) is 10.1 Å². The van der Waals surface area contributed by atoms with E-state index in [9.17, 15) is 12.8 Å². The Labute approximate surface area is 130 Å². The lowest BCUT2D eigenvalue weighted by Gasteiger charge is -2.11. The van der Waals surface area contributed by atoms with Crippen LogP contribution in [0.5, 0.6) is 0 Å². The summed E-state index contributed by atoms with van der Waals surface area (Å²) in [5.41, 5.74) is 0.235. The number of sulfonamides is 1. The molecule has 0 bridgehead atoms. The molecule has 0 fully saturated rings. The standard InChI is InChI=1S/C13H7Cl2FN2O2S/c14-10-3-1-8(7-17)5-12(10)18-21(19,20)13-6-9(16)2-4-11(13)15/h1-6,18H. The first-order valence-corrected chi connectivity index (χ1v) is 7.75. The normalized spacial score (nSPS) is 11.0. The van der Waals surface area contributed by atoms with Gasteiger partial charge in [0.15, 0.2) is 0 Å². The summed E-state index contributed by atoms with van der Waals surface area (Å²) in [6, 6.07) is 8.93. The number of halogens is 3. The maximum absolute atomic E-state index is 13.2. The van der Waals surface area contributed by atoms with Gasteiger partial charge in [-0.05, 0) is 36.4 Å². The number of nitrogens with zero attached hydrogens (tertiary/aromatic N) is 1. The van der Waals surface area contributed by atoms with Gasteiger partial charge in [0.05, 0.1) is 27.4 Å². The second-order valence-electron chi connectivity index (χ2n) is 3.99. The number of rotatable bonds is 3. The summed E-state index contributed by atoms with van der Waals surface area (Å²) in [7, 11) is -4.13. The number of hydrogen-bond donors (Lipinski definition) is 1. The highest BCUT2D eigenvalue weighted by Crippen LogP contribution is 2.28. The van der Waals surface area contributed by atoms with Crippen LogP contribution in [-0.4, -0.2) is 8.42 Å². The summed E-state index contributed by atoms with van der Waals surface area (Å²) in [5, 5.41) is 8.78. The van der Waals surface area contributed by atoms with E-state index < -0.39 is 20.7 Å². The maximum Gasteiger partial charge on any atom is 0.263 e. The molecule has 0 radical (unpaired) electrons. The van der Waals surface area contributed by atoms with Gasteiger partial charge in [0.2, 0.25) is 0 Å². The topological polar surface area (TPSA) is 70.0 Å². The van der Waals surface area contributed by atoms with Gasteiger partial charge in [-0.2, -0.15) is 5.26 Å². The largest absolute Gasteiger partial charge is 0.278 e. The molecule has 0 aromatic heterocycles. The Balaban J connectivity index is 2.47. The van der Waals surface area contributed by atoms with Crippen LogP contribution in [0.3, 0.4) is 0 Å². The van der Waals surface area contributed by atoms with Crippen LogP contribution in [0.2, 0.25) is 10.0 Å². The SMILES string of the molecule is N#Cc1ccc(Cl)c(NS(=O)(=O)c2cc(F)ccc2Cl)c1. The van der Waals surface area contributed by atoms with Gasteiger partial charge in [0.1, 0.15) is 10.7 Å². The van der Waals surface area contributed by atoms with Crippen molar-refractivity contribution in [3.8, 4) is 6.07 Å². The van der Waals surface area contributed by atoms with E-state index >= 15 is 0 Å². The van der Waals surface area contributed by atoms with Crippen molar-refractivity contribution in [3.63, 3.8) is 0 Å². The third kappa shape index (κ3) is 3.45. The summed E-state index contributed by atoms with van der Waals surface area (Å²) in [6.45, 7) is 0. The highest BCUT2D eigenvalue weighted by molar-refractivity contribution is 7.92. The van der Waals surface area contributed by atoms with E-state index in [0.29, 0.717) is 0 Å². The molecule has 1 N–H and O–H groups in total. The molecule has 0 unspecified atom stereocenters. The number of hydrogen-bond acceptors (Lipinski definition) is 3. The van der Waals surface area contributed by atoms with Gasteiger partial charge in [0, 0.05) is 0 Å². The monoisotopic (exact) mass is 344 g/mol. The van der Waals surface area contributed by atoms with Crippen molar-refractivity contribution in [1.82, 2.24) is 0 Å². The minimum Gasteiger partial charge on any atom is -0.278 e. The Hall–Kier alpha value is -1.81. The Morgan fingerprint density at radius 1 is 1.10 bits per heavy atom. The molecule has 0 atom stereocenters. The van der Waals surface area contributed by atoms with E-state index in [0.717, 1.165) is 18.2 Å². The summed E-state index contributed by atoms with van der Waals surface area (Å²) in [5.74, 6) is -0.739. The lowest BCUT2D eigenvalue weighted by Crippen LogP contribution is -2.14. The molecular weight excluding hydrogens is 338 g/mol. The van der Waals surface area contributed by atoms with Crippen molar-refractivity contribution >= 4 is 38.9 Å². The zero-order valence-electron chi connectivity index (χ0n) is 10.3. The predicted octanol–water partition coefficient (Wildman–Crippen LogP) is 3.80. The minimum absolute atomic E-state index is 0.0102. The van der Waals surface area contributed by atoms with Crippen molar-refractivity contribution in [2.75, 3.05) is 4.72 Å². The van der Waals surface area contributed by atoms with Crippen LogP contribution >= 0.6 is 23.2 Å². The van der Waals surface area contributed by atoms with E-state index in [2.05, 4.69) is 4.72 Å². The van der Waals surface area contributed by atoms with Crippen molar-refractivity contribution < 1.29 is 12.8 Å². The Morgan fingerprint density at radius 3 is 2.43 bits per heavy atom. The van der Waals surface area contributed by atoms with Crippen molar-refractivity contribution in [1.29, 1.82) is 5.26 Å². The second kappa shape index (κ2) is 5.90. The number of anilines is 1. The average molecular weight is 345 g/mol. The first-order chi connectivity index (χ1) is 9.83. The predicted molar refractivity (Wildman–Crippen MR) is 78.4 cm³/mol. The van der Waals surface area contributed by atoms with Gasteiger partial charge < -0.3 is 0 Å². The van der Waals surface area contributed by atoms with Crippen LogP contribution in [-0.2, 0) is 10.0 Å². The van der Waals surface area contributed by atoms with Gasteiger partial charge in [0.25, 0.3) is 10.0 Å². The quantitative estimate of drug-likeness (QED) is 0.920. The van der Waals surface area contributed by atoms with Gasteiger partial charge in [-0.25, -0.2) is 12.8 Å². The molecule has 0 saturated heterocycles. The zero-order valence-corrected chi connectivity index (χ0v) is 12.6. The summed E-state index contributed by atoms with van der Waals surface area (Å²) in [6.07, 6.45) is 0. The number of benzene rings is 2. The molecular formula is C13H7Cl2FN2O2S. The molecule has 0 saturated carbocycles. The fourth-order valence-corrected chi connectivity index (χ4v) is 3.36. The third-order valence-electron chi connectivity index (χ3n) is 2.52. The highest BCUT2D eigenvalue weighted by atomic mass is 35.5. The third-order valence-corrected chi connectivity index (χ3v) is 4.70. The molecule has 2 rings (SSSR count). The first-order valence-electron chi connectivity index (χ1n) is 5.51. The van der Waals surface area contributed by atoms with Crippen LogP contribution in [0.1, 0.15) is 5.56 Å². The van der Waals surface area contributed by atoms with E-state index in [1.165, 1.54) is 18.2 Å². The molecule has 0 amide bonds. The van der Waals surface area contributed by atoms with E-state index in [4.69, 9.17) is 28.5 Å². The molecule has 4 nitrogen and oxygen atoms in total. The van der Waals surface area contributed by atoms with Crippen molar-refractivity contribution in [2.24, 2.45) is 0 Å². The molecule has 2 aromatic carbocycles. The number of nitriles is 1. The summed E-state index contributed by atoms with van der Waals surface area (Å²) in [4.78, 5) is -0.414. The molecule has 0 aliphatic rings. The van der Waals surface area contributed by atoms with Crippen LogP contribution < -0.4 is 4.72 Å². The second-order valence-corrected chi connectivity index (χ2v) is 6.45. The molecule has 0 aliphatic carbocycles. The first kappa shape index (κ1) is 15.6. The molecule has 21 heavy (non-hydrogen) atoms. The molecule has 0 spiro atoms. The van der Waals surface area contributed by atoms with Crippen LogP contribution in [0.25, 0.3) is 0 Å². The van der Waals surface area contributed by atoms with Crippen LogP contribution in [0.15, 0.2) is 41.3 Å². The van der Waals surface area contributed by atoms with Gasteiger partial charge in [-0.15, -0.1) is 0 Å². The number of nitrogens with one attached hydrogen (secondary N) is 1.